The molecule has 0 spiro atoms. The summed E-state index contributed by atoms with van der Waals surface area (Å²) in [6, 6.07) is 4.82. The maximum absolute atomic E-state index is 12.4. The number of carbonyl (C=O) groups is 1. The Hall–Kier alpha value is -1.96. The Kier molecular flexibility index (Phi) is 5.35. The number of fused-ring (bicyclic) bond motifs is 1. The van der Waals surface area contributed by atoms with Crippen molar-refractivity contribution < 1.29 is 22.7 Å². The molecule has 0 bridgehead atoms. The second-order valence-corrected chi connectivity index (χ2v) is 7.50. The van der Waals surface area contributed by atoms with Crippen LogP contribution in [0.25, 0.3) is 0 Å². The van der Waals surface area contributed by atoms with E-state index in [4.69, 9.17) is 9.47 Å². The summed E-state index contributed by atoms with van der Waals surface area (Å²) in [5.41, 5.74) is 0.385. The number of nitrogens with one attached hydrogen (secondary N) is 1. The van der Waals surface area contributed by atoms with Gasteiger partial charge in [0.2, 0.25) is 22.7 Å². The van der Waals surface area contributed by atoms with Crippen LogP contribution in [0.5, 0.6) is 11.5 Å². The zero-order valence-electron chi connectivity index (χ0n) is 13.5. The molecule has 1 heterocycles. The quantitative estimate of drug-likeness (QED) is 0.811. The minimum atomic E-state index is -3.59. The topological polar surface area (TPSA) is 84.9 Å². The van der Waals surface area contributed by atoms with Crippen LogP contribution in [0.15, 0.2) is 18.2 Å². The molecule has 23 heavy (non-hydrogen) atoms. The van der Waals surface area contributed by atoms with Crippen molar-refractivity contribution in [3.63, 3.8) is 0 Å². The SMILES string of the molecule is CC[C@H](C)NC(=O)CN(c1ccc2c(c1)OCO2)S(=O)(=O)CC. The molecule has 0 radical (unpaired) electrons. The van der Waals surface area contributed by atoms with Gasteiger partial charge in [-0.25, -0.2) is 8.42 Å². The summed E-state index contributed by atoms with van der Waals surface area (Å²) in [4.78, 5) is 12.1. The predicted octanol–water partition coefficient (Wildman–Crippen LogP) is 1.49. The lowest BCUT2D eigenvalue weighted by atomic mass is 10.2. The number of ether oxygens (including phenoxy) is 2. The number of carbonyl (C=O) groups excluding carboxylic acids is 1. The molecule has 2 rings (SSSR count). The molecule has 8 heteroatoms. The maximum atomic E-state index is 12.4. The number of rotatable bonds is 7. The molecule has 1 amide bonds. The first-order valence-corrected chi connectivity index (χ1v) is 9.17. The fraction of sp³-hybridized carbons (Fsp3) is 0.533. The lowest BCUT2D eigenvalue weighted by Gasteiger charge is -2.24. The van der Waals surface area contributed by atoms with Crippen molar-refractivity contribution in [3.8, 4) is 11.5 Å². The molecule has 1 atom stereocenters. The van der Waals surface area contributed by atoms with E-state index in [1.165, 1.54) is 0 Å². The number of sulfonamides is 1. The van der Waals surface area contributed by atoms with E-state index in [9.17, 15) is 13.2 Å². The molecule has 7 nitrogen and oxygen atoms in total. The van der Waals surface area contributed by atoms with Crippen LogP contribution in [0.1, 0.15) is 27.2 Å². The van der Waals surface area contributed by atoms with E-state index in [1.807, 2.05) is 13.8 Å². The van der Waals surface area contributed by atoms with E-state index in [-0.39, 0.29) is 31.0 Å². The standard InChI is InChI=1S/C15H22N2O5S/c1-4-11(3)16-15(18)9-17(23(19,20)5-2)12-6-7-13-14(8-12)22-10-21-13/h6-8,11H,4-5,9-10H2,1-3H3,(H,16,18)/t11-/m0/s1. The first-order chi connectivity index (χ1) is 10.9. The number of benzene rings is 1. The minimum absolute atomic E-state index is 0.00886. The van der Waals surface area contributed by atoms with Gasteiger partial charge >= 0.3 is 0 Å². The molecule has 1 N–H and O–H groups in total. The Morgan fingerprint density at radius 3 is 2.65 bits per heavy atom. The van der Waals surface area contributed by atoms with Crippen molar-refractivity contribution in [2.75, 3.05) is 23.4 Å². The van der Waals surface area contributed by atoms with Crippen molar-refractivity contribution in [1.29, 1.82) is 0 Å². The second-order valence-electron chi connectivity index (χ2n) is 5.32. The van der Waals surface area contributed by atoms with Crippen LogP contribution < -0.4 is 19.1 Å². The van der Waals surface area contributed by atoms with Crippen molar-refractivity contribution in [2.24, 2.45) is 0 Å². The fourth-order valence-corrected chi connectivity index (χ4v) is 3.16. The average molecular weight is 342 g/mol. The van der Waals surface area contributed by atoms with Crippen LogP contribution in [-0.4, -0.2) is 39.5 Å². The van der Waals surface area contributed by atoms with Gasteiger partial charge in [0.05, 0.1) is 11.4 Å². The number of anilines is 1. The Morgan fingerprint density at radius 2 is 2.00 bits per heavy atom. The molecule has 1 aromatic rings. The van der Waals surface area contributed by atoms with Crippen molar-refractivity contribution in [3.05, 3.63) is 18.2 Å². The largest absolute Gasteiger partial charge is 0.454 e. The summed E-state index contributed by atoms with van der Waals surface area (Å²) in [7, 11) is -3.59. The lowest BCUT2D eigenvalue weighted by Crippen LogP contribution is -2.44. The Morgan fingerprint density at radius 1 is 1.30 bits per heavy atom. The van der Waals surface area contributed by atoms with Gasteiger partial charge in [-0.15, -0.1) is 0 Å². The monoisotopic (exact) mass is 342 g/mol. The number of hydrogen-bond acceptors (Lipinski definition) is 5. The second kappa shape index (κ2) is 7.08. The Balaban J connectivity index is 2.26. The lowest BCUT2D eigenvalue weighted by molar-refractivity contribution is -0.120. The normalized spacial score (nSPS) is 14.4. The van der Waals surface area contributed by atoms with E-state index in [1.54, 1.807) is 25.1 Å². The van der Waals surface area contributed by atoms with Gasteiger partial charge in [-0.05, 0) is 32.4 Å². The number of hydrogen-bond donors (Lipinski definition) is 1. The molecule has 0 saturated heterocycles. The molecule has 0 fully saturated rings. The first-order valence-electron chi connectivity index (χ1n) is 7.56. The van der Waals surface area contributed by atoms with Gasteiger partial charge in [0.15, 0.2) is 11.5 Å². The van der Waals surface area contributed by atoms with Gasteiger partial charge in [0, 0.05) is 12.1 Å². The first kappa shape index (κ1) is 17.4. The average Bonchev–Trinajstić information content (AvgIpc) is 2.99. The van der Waals surface area contributed by atoms with E-state index >= 15 is 0 Å². The summed E-state index contributed by atoms with van der Waals surface area (Å²) in [6.45, 7) is 5.20. The van der Waals surface area contributed by atoms with E-state index in [0.717, 1.165) is 10.7 Å². The molecule has 0 aliphatic carbocycles. The van der Waals surface area contributed by atoms with Gasteiger partial charge in [0.25, 0.3) is 0 Å². The van der Waals surface area contributed by atoms with Crippen LogP contribution in [0, 0.1) is 0 Å². The van der Waals surface area contributed by atoms with Gasteiger partial charge in [-0.1, -0.05) is 6.92 Å². The summed E-state index contributed by atoms with van der Waals surface area (Å²) in [5, 5.41) is 2.78. The van der Waals surface area contributed by atoms with Gasteiger partial charge in [-0.2, -0.15) is 0 Å². The third-order valence-corrected chi connectivity index (χ3v) is 5.39. The van der Waals surface area contributed by atoms with Crippen molar-refractivity contribution >= 4 is 21.6 Å². The molecule has 1 aromatic carbocycles. The fourth-order valence-electron chi connectivity index (χ4n) is 2.10. The van der Waals surface area contributed by atoms with Crippen LogP contribution in [0.4, 0.5) is 5.69 Å². The smallest absolute Gasteiger partial charge is 0.240 e. The van der Waals surface area contributed by atoms with Crippen LogP contribution >= 0.6 is 0 Å². The maximum Gasteiger partial charge on any atom is 0.240 e. The summed E-state index contributed by atoms with van der Waals surface area (Å²) >= 11 is 0. The van der Waals surface area contributed by atoms with Crippen LogP contribution in [0.3, 0.4) is 0 Å². The van der Waals surface area contributed by atoms with E-state index in [2.05, 4.69) is 5.32 Å². The minimum Gasteiger partial charge on any atom is -0.454 e. The van der Waals surface area contributed by atoms with Crippen LogP contribution in [-0.2, 0) is 14.8 Å². The molecule has 0 aromatic heterocycles. The molecule has 128 valence electrons. The zero-order chi connectivity index (χ0) is 17.0. The molecule has 1 aliphatic heterocycles. The molecular formula is C15H22N2O5S. The summed E-state index contributed by atoms with van der Waals surface area (Å²) in [5.74, 6) is 0.597. The van der Waals surface area contributed by atoms with E-state index < -0.39 is 10.0 Å². The van der Waals surface area contributed by atoms with Gasteiger partial charge in [-0.3, -0.25) is 9.10 Å². The van der Waals surface area contributed by atoms with E-state index in [0.29, 0.717) is 17.2 Å². The number of amides is 1. The molecular weight excluding hydrogens is 320 g/mol. The Bertz CT molecular complexity index is 674. The highest BCUT2D eigenvalue weighted by molar-refractivity contribution is 7.92. The molecule has 1 aliphatic rings. The molecule has 0 unspecified atom stereocenters. The highest BCUT2D eigenvalue weighted by atomic mass is 32.2. The highest BCUT2D eigenvalue weighted by Gasteiger charge is 2.26. The Labute approximate surface area is 136 Å². The zero-order valence-corrected chi connectivity index (χ0v) is 14.4. The third-order valence-electron chi connectivity index (χ3n) is 3.65. The third kappa shape index (κ3) is 4.07. The van der Waals surface area contributed by atoms with Crippen molar-refractivity contribution in [1.82, 2.24) is 5.32 Å². The van der Waals surface area contributed by atoms with Crippen LogP contribution in [0.2, 0.25) is 0 Å². The summed E-state index contributed by atoms with van der Waals surface area (Å²) in [6.07, 6.45) is 0.774. The van der Waals surface area contributed by atoms with Gasteiger partial charge < -0.3 is 14.8 Å². The van der Waals surface area contributed by atoms with Crippen molar-refractivity contribution in [2.45, 2.75) is 33.2 Å². The highest BCUT2D eigenvalue weighted by Crippen LogP contribution is 2.36. The summed E-state index contributed by atoms with van der Waals surface area (Å²) < 4.78 is 36.3. The predicted molar refractivity (Wildman–Crippen MR) is 87.3 cm³/mol. The number of nitrogens with zero attached hydrogens (tertiary/aromatic N) is 1. The molecule has 0 saturated carbocycles. The van der Waals surface area contributed by atoms with Gasteiger partial charge in [0.1, 0.15) is 6.54 Å².